The van der Waals surface area contributed by atoms with Crippen molar-refractivity contribution in [2.45, 2.75) is 12.7 Å². The number of carbonyl (C=O) groups is 1. The molecular weight excluding hydrogens is 407 g/mol. The fraction of sp³-hybridized carbons (Fsp3) is 0.143. The maximum absolute atomic E-state index is 13.7. The molecule has 2 heterocycles. The van der Waals surface area contributed by atoms with Crippen LogP contribution in [-0.4, -0.2) is 23.7 Å². The van der Waals surface area contributed by atoms with Crippen molar-refractivity contribution in [3.8, 4) is 16.9 Å². The van der Waals surface area contributed by atoms with Gasteiger partial charge in [0, 0.05) is 35.3 Å². The van der Waals surface area contributed by atoms with E-state index >= 15 is 0 Å². The third-order valence-electron chi connectivity index (χ3n) is 4.61. The number of fused-ring (bicyclic) bond motifs is 1. The number of carbonyl (C=O) groups excluding carboxylic acids is 1. The summed E-state index contributed by atoms with van der Waals surface area (Å²) in [6.45, 7) is -1.50. The quantitative estimate of drug-likeness (QED) is 0.550. The van der Waals surface area contributed by atoms with E-state index in [2.05, 4.69) is 4.98 Å². The zero-order valence-electron chi connectivity index (χ0n) is 15.2. The Hall–Kier alpha value is -3.49. The molecular formula is C21H13F5N2O2. The summed E-state index contributed by atoms with van der Waals surface area (Å²) in [5.74, 6) is -1.91. The molecule has 4 rings (SSSR count). The SMILES string of the molecule is O=C1c2cncc(-c3ccc(F)cc3OCC(F)(F)F)c2CN1c1ccc(F)cc1. The van der Waals surface area contributed by atoms with Crippen LogP contribution in [0.5, 0.6) is 5.75 Å². The molecule has 2 aromatic carbocycles. The van der Waals surface area contributed by atoms with E-state index in [0.717, 1.165) is 12.1 Å². The lowest BCUT2D eigenvalue weighted by atomic mass is 9.99. The zero-order chi connectivity index (χ0) is 21.5. The highest BCUT2D eigenvalue weighted by Gasteiger charge is 2.33. The van der Waals surface area contributed by atoms with Gasteiger partial charge in [-0.25, -0.2) is 8.78 Å². The number of ether oxygens (including phenoxy) is 1. The van der Waals surface area contributed by atoms with E-state index in [4.69, 9.17) is 4.74 Å². The largest absolute Gasteiger partial charge is 0.483 e. The highest BCUT2D eigenvalue weighted by atomic mass is 19.4. The number of hydrogen-bond donors (Lipinski definition) is 0. The molecule has 154 valence electrons. The van der Waals surface area contributed by atoms with Gasteiger partial charge in [-0.3, -0.25) is 9.78 Å². The molecule has 4 nitrogen and oxygen atoms in total. The van der Waals surface area contributed by atoms with E-state index in [1.54, 1.807) is 0 Å². The summed E-state index contributed by atoms with van der Waals surface area (Å²) in [6.07, 6.45) is -1.87. The van der Waals surface area contributed by atoms with Gasteiger partial charge in [-0.1, -0.05) is 0 Å². The van der Waals surface area contributed by atoms with E-state index in [-0.39, 0.29) is 29.3 Å². The maximum atomic E-state index is 13.7. The maximum Gasteiger partial charge on any atom is 0.422 e. The molecule has 1 aliphatic heterocycles. The zero-order valence-corrected chi connectivity index (χ0v) is 15.2. The number of aromatic nitrogens is 1. The van der Waals surface area contributed by atoms with Gasteiger partial charge in [0.15, 0.2) is 6.61 Å². The number of anilines is 1. The van der Waals surface area contributed by atoms with Crippen LogP contribution >= 0.6 is 0 Å². The van der Waals surface area contributed by atoms with Crippen LogP contribution in [0.15, 0.2) is 54.9 Å². The number of alkyl halides is 3. The van der Waals surface area contributed by atoms with Crippen molar-refractivity contribution < 1.29 is 31.5 Å². The van der Waals surface area contributed by atoms with Crippen LogP contribution in [-0.2, 0) is 6.54 Å². The number of amides is 1. The minimum absolute atomic E-state index is 0.0910. The van der Waals surface area contributed by atoms with E-state index < -0.39 is 24.4 Å². The first kappa shape index (κ1) is 19.8. The van der Waals surface area contributed by atoms with Crippen molar-refractivity contribution >= 4 is 11.6 Å². The monoisotopic (exact) mass is 420 g/mol. The average molecular weight is 420 g/mol. The van der Waals surface area contributed by atoms with E-state index in [1.807, 2.05) is 0 Å². The van der Waals surface area contributed by atoms with Crippen LogP contribution < -0.4 is 9.64 Å². The van der Waals surface area contributed by atoms with Crippen LogP contribution in [0.25, 0.3) is 11.1 Å². The number of pyridine rings is 1. The van der Waals surface area contributed by atoms with Gasteiger partial charge in [0.2, 0.25) is 0 Å². The highest BCUT2D eigenvalue weighted by molar-refractivity contribution is 6.11. The topological polar surface area (TPSA) is 42.4 Å². The van der Waals surface area contributed by atoms with Crippen LogP contribution in [0.2, 0.25) is 0 Å². The Morgan fingerprint density at radius 3 is 2.30 bits per heavy atom. The lowest BCUT2D eigenvalue weighted by molar-refractivity contribution is -0.153. The third kappa shape index (κ3) is 3.83. The van der Waals surface area contributed by atoms with Gasteiger partial charge in [0.25, 0.3) is 5.91 Å². The lowest BCUT2D eigenvalue weighted by Crippen LogP contribution is -2.22. The molecule has 30 heavy (non-hydrogen) atoms. The van der Waals surface area contributed by atoms with Gasteiger partial charge in [-0.05, 0) is 42.0 Å². The molecule has 1 aliphatic rings. The van der Waals surface area contributed by atoms with Gasteiger partial charge in [0.05, 0.1) is 12.1 Å². The van der Waals surface area contributed by atoms with Crippen LogP contribution in [0.3, 0.4) is 0 Å². The molecule has 1 amide bonds. The molecule has 0 bridgehead atoms. The van der Waals surface area contributed by atoms with Crippen molar-refractivity contribution in [1.82, 2.24) is 4.98 Å². The van der Waals surface area contributed by atoms with Crippen LogP contribution in [0, 0.1) is 11.6 Å². The Morgan fingerprint density at radius 2 is 1.60 bits per heavy atom. The summed E-state index contributed by atoms with van der Waals surface area (Å²) < 4.78 is 69.5. The summed E-state index contributed by atoms with van der Waals surface area (Å²) in [4.78, 5) is 18.2. The predicted molar refractivity (Wildman–Crippen MR) is 98.1 cm³/mol. The molecule has 0 atom stereocenters. The fourth-order valence-corrected chi connectivity index (χ4v) is 3.28. The van der Waals surface area contributed by atoms with E-state index in [9.17, 15) is 26.7 Å². The van der Waals surface area contributed by atoms with Crippen molar-refractivity contribution in [2.24, 2.45) is 0 Å². The Morgan fingerprint density at radius 1 is 0.933 bits per heavy atom. The third-order valence-corrected chi connectivity index (χ3v) is 4.61. The summed E-state index contributed by atoms with van der Waals surface area (Å²) in [5, 5.41) is 0. The van der Waals surface area contributed by atoms with Crippen molar-refractivity contribution in [1.29, 1.82) is 0 Å². The molecule has 0 unspecified atom stereocenters. The predicted octanol–water partition coefficient (Wildman–Crippen LogP) is 5.13. The highest BCUT2D eigenvalue weighted by Crippen LogP contribution is 2.39. The van der Waals surface area contributed by atoms with Crippen molar-refractivity contribution in [3.63, 3.8) is 0 Å². The minimum atomic E-state index is -4.60. The van der Waals surface area contributed by atoms with E-state index in [0.29, 0.717) is 16.8 Å². The fourth-order valence-electron chi connectivity index (χ4n) is 3.28. The smallest absolute Gasteiger partial charge is 0.422 e. The Labute approximate surface area is 167 Å². The van der Waals surface area contributed by atoms with Crippen LogP contribution in [0.4, 0.5) is 27.6 Å². The second-order valence-corrected chi connectivity index (χ2v) is 6.63. The van der Waals surface area contributed by atoms with Gasteiger partial charge >= 0.3 is 6.18 Å². The standard InChI is InChI=1S/C21H13F5N2O2/c22-12-1-4-14(5-2-12)28-10-18-16(8-27-9-17(18)20(28)29)15-6-3-13(23)7-19(15)30-11-21(24,25)26/h1-9H,10-11H2. The summed E-state index contributed by atoms with van der Waals surface area (Å²) in [5.41, 5.74) is 1.74. The first-order chi connectivity index (χ1) is 14.2. The van der Waals surface area contributed by atoms with Gasteiger partial charge in [-0.2, -0.15) is 13.2 Å². The lowest BCUT2D eigenvalue weighted by Gasteiger charge is -2.16. The number of halogens is 5. The Bertz CT molecular complexity index is 1110. The molecule has 0 saturated carbocycles. The summed E-state index contributed by atoms with van der Waals surface area (Å²) in [6, 6.07) is 8.55. The van der Waals surface area contributed by atoms with E-state index in [1.165, 1.54) is 47.6 Å². The molecule has 0 fully saturated rings. The van der Waals surface area contributed by atoms with Crippen LogP contribution in [0.1, 0.15) is 15.9 Å². The van der Waals surface area contributed by atoms with Gasteiger partial charge in [-0.15, -0.1) is 0 Å². The first-order valence-electron chi connectivity index (χ1n) is 8.77. The van der Waals surface area contributed by atoms with Crippen molar-refractivity contribution in [3.05, 3.63) is 77.6 Å². The molecule has 0 saturated heterocycles. The second-order valence-electron chi connectivity index (χ2n) is 6.63. The minimum Gasteiger partial charge on any atom is -0.483 e. The molecule has 0 radical (unpaired) electrons. The first-order valence-corrected chi connectivity index (χ1v) is 8.77. The normalized spacial score (nSPS) is 13.5. The Kier molecular flexibility index (Phi) is 4.89. The molecule has 3 aromatic rings. The average Bonchev–Trinajstić information content (AvgIpc) is 3.04. The number of nitrogens with zero attached hydrogens (tertiary/aromatic N) is 2. The molecule has 0 N–H and O–H groups in total. The number of rotatable bonds is 4. The second kappa shape index (κ2) is 7.40. The Balaban J connectivity index is 1.74. The molecule has 1 aromatic heterocycles. The van der Waals surface area contributed by atoms with Gasteiger partial charge < -0.3 is 9.64 Å². The molecule has 0 aliphatic carbocycles. The molecule has 0 spiro atoms. The number of hydrogen-bond acceptors (Lipinski definition) is 3. The molecule has 9 heteroatoms. The summed E-state index contributed by atoms with van der Waals surface area (Å²) in [7, 11) is 0. The van der Waals surface area contributed by atoms with Gasteiger partial charge in [0.1, 0.15) is 17.4 Å². The number of benzene rings is 2. The summed E-state index contributed by atoms with van der Waals surface area (Å²) >= 11 is 0. The van der Waals surface area contributed by atoms with Crippen molar-refractivity contribution in [2.75, 3.05) is 11.5 Å².